The molecule has 0 spiro atoms. The van der Waals surface area contributed by atoms with Crippen LogP contribution in [0.5, 0.6) is 0 Å². The van der Waals surface area contributed by atoms with Crippen LogP contribution in [-0.2, 0) is 4.74 Å². The van der Waals surface area contributed by atoms with Crippen LogP contribution in [0.4, 0.5) is 0 Å². The second-order valence-corrected chi connectivity index (χ2v) is 5.10. The normalized spacial score (nSPS) is 37.2. The molecule has 0 amide bonds. The first-order chi connectivity index (χ1) is 6.25. The Hall–Kier alpha value is 4.16. The van der Waals surface area contributed by atoms with E-state index in [4.69, 9.17) is 4.74 Å². The third-order valence-electron chi connectivity index (χ3n) is 2.71. The van der Waals surface area contributed by atoms with E-state index >= 15 is 0 Å². The molecule has 0 saturated carbocycles. The zero-order valence-electron chi connectivity index (χ0n) is 10.9. The van der Waals surface area contributed by atoms with Crippen LogP contribution in [0.2, 0.25) is 0 Å². The van der Waals surface area contributed by atoms with Crippen molar-refractivity contribution in [3.8, 4) is 0 Å². The fourth-order valence-electron chi connectivity index (χ4n) is 1.77. The van der Waals surface area contributed by atoms with Gasteiger partial charge in [0.1, 0.15) is 18.3 Å². The van der Waals surface area contributed by atoms with Crippen LogP contribution in [0.3, 0.4) is 0 Å². The van der Waals surface area contributed by atoms with Crippen molar-refractivity contribution in [1.82, 2.24) is 0 Å². The van der Waals surface area contributed by atoms with Crippen molar-refractivity contribution < 1.29 is 152 Å². The van der Waals surface area contributed by atoms with Gasteiger partial charge in [0.2, 0.25) is 0 Å². The van der Waals surface area contributed by atoms with Crippen molar-refractivity contribution in [3.63, 3.8) is 0 Å². The molecule has 1 aliphatic rings. The summed E-state index contributed by atoms with van der Waals surface area (Å²) < 4.78 is 5.49. The van der Waals surface area contributed by atoms with E-state index in [1.807, 2.05) is 20.8 Å². The predicted octanol–water partition coefficient (Wildman–Crippen LogP) is -0.0975. The van der Waals surface area contributed by atoms with Gasteiger partial charge < -0.3 is 20.1 Å². The van der Waals surface area contributed by atoms with Gasteiger partial charge in [-0.15, -0.1) is 0 Å². The quantitative estimate of drug-likeness (QED) is 0.319. The maximum Gasteiger partial charge on any atom is 0.111 e. The van der Waals surface area contributed by atoms with E-state index < -0.39 is 30.5 Å². The van der Waals surface area contributed by atoms with Gasteiger partial charge in [-0.3, -0.25) is 0 Å². The molecule has 3 N–H and O–H groups in total. The van der Waals surface area contributed by atoms with Gasteiger partial charge in [0.05, 0.1) is 12.2 Å². The van der Waals surface area contributed by atoms with Crippen molar-refractivity contribution in [3.05, 3.63) is 0 Å². The fraction of sp³-hybridized carbons (Fsp3) is 1.00. The van der Waals surface area contributed by atoms with Crippen molar-refractivity contribution >= 4 is 0 Å². The Kier molecular flexibility index (Phi) is 16.6. The van der Waals surface area contributed by atoms with E-state index in [-0.39, 0.29) is 138 Å². The molecule has 1 aliphatic heterocycles. The Morgan fingerprint density at radius 3 is 1.59 bits per heavy atom. The molecule has 1 rings (SSSR count). The van der Waals surface area contributed by atoms with Crippen LogP contribution < -0.4 is 0 Å². The molecule has 1 heterocycles. The Morgan fingerprint density at radius 1 is 0.824 bits per heavy atom. The second-order valence-electron chi connectivity index (χ2n) is 5.10. The largest absolute Gasteiger partial charge is 0.388 e. The summed E-state index contributed by atoms with van der Waals surface area (Å²) in [7, 11) is 0. The van der Waals surface area contributed by atoms with Gasteiger partial charge >= 0.3 is 0 Å². The van der Waals surface area contributed by atoms with Crippen molar-refractivity contribution in [2.45, 2.75) is 58.2 Å². The minimum Gasteiger partial charge on any atom is -0.388 e. The number of ether oxygens (including phenoxy) is 1. The summed E-state index contributed by atoms with van der Waals surface area (Å²) in [6.07, 6.45) is -4.05. The van der Waals surface area contributed by atoms with Crippen LogP contribution >= 0.6 is 0 Å². The number of hydrogen-bond acceptors (Lipinski definition) is 4. The Labute approximate surface area is 211 Å². The molecule has 5 atom stereocenters. The van der Waals surface area contributed by atoms with Gasteiger partial charge in [0.25, 0.3) is 0 Å². The molecule has 0 aromatic rings. The summed E-state index contributed by atoms with van der Waals surface area (Å²) in [5.41, 5.74) is -0.255. The van der Waals surface area contributed by atoms with Gasteiger partial charge in [-0.2, -0.15) is 0 Å². The van der Waals surface area contributed by atoms with E-state index in [2.05, 4.69) is 0 Å². The SMILES string of the molecule is C[C@@H]1O[C@@H](C(C)(C)C)[C@H](O)[C@H](O)[C@H]1O.[Ac].[Ac].[Ac]. The molecule has 3 radical (unpaired) electrons. The number of aliphatic hydroxyl groups is 3. The Morgan fingerprint density at radius 2 is 1.24 bits per heavy atom. The van der Waals surface area contributed by atoms with Crippen LogP contribution in [0, 0.1) is 138 Å². The van der Waals surface area contributed by atoms with Gasteiger partial charge in [0.15, 0.2) is 0 Å². The van der Waals surface area contributed by atoms with E-state index in [9.17, 15) is 15.3 Å². The summed E-state index contributed by atoms with van der Waals surface area (Å²) in [5, 5.41) is 28.8. The topological polar surface area (TPSA) is 69.9 Å². The minimum absolute atomic E-state index is 0. The first-order valence-electron chi connectivity index (χ1n) is 4.95. The Balaban J connectivity index is -0.000000653. The van der Waals surface area contributed by atoms with Gasteiger partial charge in [0, 0.05) is 132 Å². The summed E-state index contributed by atoms with van der Waals surface area (Å²) in [6.45, 7) is 7.48. The molecular weight excluding hydrogens is 865 g/mol. The van der Waals surface area contributed by atoms with Crippen LogP contribution in [0.25, 0.3) is 0 Å². The fourth-order valence-corrected chi connectivity index (χ4v) is 1.77. The standard InChI is InChI=1S/C10H20O4.3Ac/c1-5-6(11)7(12)8(13)9(14-5)10(2,3)4;;;/h5-9,11-13H,1-4H3;;;/t5-,6-,7+,8+,9+;;;/m0.../s1. The second kappa shape index (κ2) is 10.8. The van der Waals surface area contributed by atoms with E-state index in [0.717, 1.165) is 0 Å². The molecule has 0 aromatic heterocycles. The molecule has 1 fully saturated rings. The molecule has 1 saturated heterocycles. The molecule has 0 bridgehead atoms. The smallest absolute Gasteiger partial charge is 0.111 e. The van der Waals surface area contributed by atoms with Gasteiger partial charge in [-0.1, -0.05) is 20.8 Å². The van der Waals surface area contributed by atoms with E-state index in [1.165, 1.54) is 0 Å². The number of rotatable bonds is 0. The molecular formula is C10H20Ac3O4. The third-order valence-corrected chi connectivity index (χ3v) is 2.71. The minimum atomic E-state index is -1.12. The zero-order valence-corrected chi connectivity index (χ0v) is 25.1. The van der Waals surface area contributed by atoms with Crippen molar-refractivity contribution in [2.24, 2.45) is 5.41 Å². The third kappa shape index (κ3) is 7.31. The van der Waals surface area contributed by atoms with Crippen molar-refractivity contribution in [2.75, 3.05) is 0 Å². The van der Waals surface area contributed by atoms with Gasteiger partial charge in [-0.25, -0.2) is 0 Å². The number of aliphatic hydroxyl groups excluding tert-OH is 3. The summed E-state index contributed by atoms with van der Waals surface area (Å²) in [4.78, 5) is 0. The first-order valence-corrected chi connectivity index (χ1v) is 4.95. The molecule has 93 valence electrons. The average molecular weight is 885 g/mol. The molecule has 0 aliphatic carbocycles. The number of hydrogen-bond donors (Lipinski definition) is 3. The molecule has 7 heteroatoms. The zero-order chi connectivity index (χ0) is 11.1. The molecule has 17 heavy (non-hydrogen) atoms. The maximum atomic E-state index is 9.73. The maximum absolute atomic E-state index is 9.73. The molecule has 0 aromatic carbocycles. The van der Waals surface area contributed by atoms with Crippen LogP contribution in [-0.4, -0.2) is 45.8 Å². The molecule has 0 unspecified atom stereocenters. The van der Waals surface area contributed by atoms with E-state index in [1.54, 1.807) is 6.92 Å². The first kappa shape index (κ1) is 26.1. The monoisotopic (exact) mass is 885 g/mol. The van der Waals surface area contributed by atoms with E-state index in [0.29, 0.717) is 0 Å². The summed E-state index contributed by atoms with van der Waals surface area (Å²) >= 11 is 0. The summed E-state index contributed by atoms with van der Waals surface area (Å²) in [5.74, 6) is 0. The van der Waals surface area contributed by atoms with Crippen LogP contribution in [0.15, 0.2) is 0 Å². The van der Waals surface area contributed by atoms with Gasteiger partial charge in [-0.05, 0) is 12.3 Å². The Bertz CT molecular complexity index is 210. The molecule has 4 nitrogen and oxygen atoms in total. The summed E-state index contributed by atoms with van der Waals surface area (Å²) in [6, 6.07) is 0. The van der Waals surface area contributed by atoms with Crippen molar-refractivity contribution in [1.29, 1.82) is 0 Å². The van der Waals surface area contributed by atoms with Crippen LogP contribution in [0.1, 0.15) is 27.7 Å². The predicted molar refractivity (Wildman–Crippen MR) is 51.8 cm³/mol. The average Bonchev–Trinajstić information content (AvgIpc) is 2.06.